The summed E-state index contributed by atoms with van der Waals surface area (Å²) in [6.45, 7) is 2.19. The highest BCUT2D eigenvalue weighted by Gasteiger charge is 2.15. The molecule has 0 fully saturated rings. The van der Waals surface area contributed by atoms with Crippen LogP contribution in [0.5, 0.6) is 0 Å². The first-order chi connectivity index (χ1) is 15.8. The molecule has 11 heteroatoms. The van der Waals surface area contributed by atoms with Gasteiger partial charge in [-0.1, -0.05) is 29.8 Å². The van der Waals surface area contributed by atoms with Crippen LogP contribution < -0.4 is 11.1 Å². The third-order valence-corrected chi connectivity index (χ3v) is 6.54. The van der Waals surface area contributed by atoms with Crippen molar-refractivity contribution in [2.24, 2.45) is 0 Å². The molecule has 0 spiro atoms. The van der Waals surface area contributed by atoms with Crippen molar-refractivity contribution < 1.29 is 14.1 Å². The van der Waals surface area contributed by atoms with E-state index in [2.05, 4.69) is 10.3 Å². The molecule has 0 saturated heterocycles. The van der Waals surface area contributed by atoms with Crippen molar-refractivity contribution in [1.29, 1.82) is 0 Å². The number of halogens is 1. The van der Waals surface area contributed by atoms with Crippen molar-refractivity contribution in [3.8, 4) is 0 Å². The zero-order valence-electron chi connectivity index (χ0n) is 17.5. The largest absolute Gasteiger partial charge is 0.419 e. The molecule has 4 aromatic rings. The summed E-state index contributed by atoms with van der Waals surface area (Å²) in [7, 11) is 0. The highest BCUT2D eigenvalue weighted by atomic mass is 35.5. The van der Waals surface area contributed by atoms with E-state index in [9.17, 15) is 19.7 Å². The molecular formula is C22H19ClN4O5S. The van der Waals surface area contributed by atoms with Gasteiger partial charge in [-0.3, -0.25) is 19.5 Å². The molecule has 0 radical (unpaired) electrons. The molecule has 0 bridgehead atoms. The average Bonchev–Trinajstić information content (AvgIpc) is 3.34. The fraction of sp³-hybridized carbons (Fsp3) is 0.227. The zero-order chi connectivity index (χ0) is 23.5. The predicted molar refractivity (Wildman–Crippen MR) is 126 cm³/mol. The van der Waals surface area contributed by atoms with E-state index in [-0.39, 0.29) is 30.1 Å². The van der Waals surface area contributed by atoms with Gasteiger partial charge in [0.15, 0.2) is 10.7 Å². The number of rotatable bonds is 8. The van der Waals surface area contributed by atoms with Crippen molar-refractivity contribution in [2.45, 2.75) is 32.7 Å². The number of aromatic nitrogens is 2. The maximum atomic E-state index is 12.3. The van der Waals surface area contributed by atoms with Gasteiger partial charge in [-0.15, -0.1) is 11.3 Å². The van der Waals surface area contributed by atoms with E-state index in [1.807, 2.05) is 25.1 Å². The Morgan fingerprint density at radius 1 is 1.33 bits per heavy atom. The van der Waals surface area contributed by atoms with Crippen molar-refractivity contribution in [1.82, 2.24) is 9.55 Å². The zero-order valence-corrected chi connectivity index (χ0v) is 19.1. The number of carbonyl (C=O) groups excluding carboxylic acids is 1. The van der Waals surface area contributed by atoms with Crippen LogP contribution in [0.15, 0.2) is 51.8 Å². The first-order valence-electron chi connectivity index (χ1n) is 10.1. The number of oxazole rings is 1. The quantitative estimate of drug-likeness (QED) is 0.278. The smallest absolute Gasteiger partial charge is 0.407 e. The van der Waals surface area contributed by atoms with Crippen LogP contribution in [0.4, 0.5) is 10.8 Å². The Morgan fingerprint density at radius 2 is 2.15 bits per heavy atom. The number of carbonyl (C=O) groups is 1. The topological polar surface area (TPSA) is 120 Å². The molecule has 1 N–H and O–H groups in total. The highest BCUT2D eigenvalue weighted by Crippen LogP contribution is 2.27. The Kier molecular flexibility index (Phi) is 6.57. The van der Waals surface area contributed by atoms with E-state index in [0.717, 1.165) is 21.0 Å². The number of amides is 1. The summed E-state index contributed by atoms with van der Waals surface area (Å²) in [5.41, 5.74) is 2.44. The summed E-state index contributed by atoms with van der Waals surface area (Å²) in [5, 5.41) is 14.9. The lowest BCUT2D eigenvalue weighted by molar-refractivity contribution is -0.384. The lowest BCUT2D eigenvalue weighted by Gasteiger charge is -2.05. The minimum Gasteiger partial charge on any atom is -0.407 e. The summed E-state index contributed by atoms with van der Waals surface area (Å²) < 4.78 is 6.46. The van der Waals surface area contributed by atoms with Crippen molar-refractivity contribution in [3.05, 3.63) is 84.3 Å². The first kappa shape index (κ1) is 22.7. The second-order valence-corrected chi connectivity index (χ2v) is 8.93. The molecule has 2 heterocycles. The van der Waals surface area contributed by atoms with Gasteiger partial charge >= 0.3 is 5.76 Å². The summed E-state index contributed by atoms with van der Waals surface area (Å²) in [5.74, 6) is -0.841. The third-order valence-electron chi connectivity index (χ3n) is 5.08. The van der Waals surface area contributed by atoms with Crippen LogP contribution >= 0.6 is 22.9 Å². The Morgan fingerprint density at radius 3 is 2.94 bits per heavy atom. The minimum absolute atomic E-state index is 0.141. The van der Waals surface area contributed by atoms with Gasteiger partial charge in [0.1, 0.15) is 0 Å². The predicted octanol–water partition coefficient (Wildman–Crippen LogP) is 4.93. The molecule has 0 aliphatic rings. The number of benzene rings is 2. The van der Waals surface area contributed by atoms with E-state index in [4.69, 9.17) is 16.0 Å². The molecule has 2 aromatic carbocycles. The maximum absolute atomic E-state index is 12.3. The molecule has 33 heavy (non-hydrogen) atoms. The number of non-ortho nitro benzene ring substituents is 1. The molecule has 170 valence electrons. The molecule has 0 atom stereocenters. The number of fused-ring (bicyclic) bond motifs is 1. The second kappa shape index (κ2) is 9.55. The van der Waals surface area contributed by atoms with Gasteiger partial charge in [-0.2, -0.15) is 0 Å². The Balaban J connectivity index is 1.33. The number of hydrogen-bond acceptors (Lipinski definition) is 7. The van der Waals surface area contributed by atoms with Crippen LogP contribution in [0.3, 0.4) is 0 Å². The van der Waals surface area contributed by atoms with Crippen LogP contribution in [0.25, 0.3) is 11.1 Å². The maximum Gasteiger partial charge on any atom is 0.419 e. The van der Waals surface area contributed by atoms with Crippen LogP contribution in [-0.2, 0) is 17.8 Å². The number of nitrogens with zero attached hydrogens (tertiary/aromatic N) is 3. The normalized spacial score (nSPS) is 11.1. The van der Waals surface area contributed by atoms with Crippen molar-refractivity contribution in [3.63, 3.8) is 0 Å². The van der Waals surface area contributed by atoms with E-state index in [1.165, 1.54) is 34.1 Å². The molecule has 0 unspecified atom stereocenters. The number of hydrogen-bond donors (Lipinski definition) is 1. The minimum atomic E-state index is -0.620. The number of nitrogens with one attached hydrogen (secondary N) is 1. The van der Waals surface area contributed by atoms with Crippen molar-refractivity contribution >= 4 is 50.8 Å². The number of aryl methyl sites for hydroxylation is 2. The molecule has 0 saturated carbocycles. The number of thiazole rings is 1. The molecule has 2 aromatic heterocycles. The average molecular weight is 487 g/mol. The van der Waals surface area contributed by atoms with E-state index in [1.54, 1.807) is 6.20 Å². The SMILES string of the molecule is Cc1cccc(Cc2cnc(NC(=O)CCCn3c(=O)oc4cc([N+](=O)[O-])ccc43)s2)c1Cl. The lowest BCUT2D eigenvalue weighted by Crippen LogP contribution is -2.17. The van der Waals surface area contributed by atoms with E-state index >= 15 is 0 Å². The standard InChI is InChI=1S/C22H19ClN4O5S/c1-13-4-2-5-14(20(13)23)10-16-12-24-21(33-16)25-19(28)6-3-9-26-17-8-7-15(27(30)31)11-18(17)32-22(26)29/h2,4-5,7-8,11-12H,3,6,9-10H2,1H3,(H,24,25,28). The molecule has 1 amide bonds. The first-order valence-corrected chi connectivity index (χ1v) is 11.3. The van der Waals surface area contributed by atoms with Gasteiger partial charge in [-0.25, -0.2) is 9.78 Å². The molecule has 0 aliphatic carbocycles. The van der Waals surface area contributed by atoms with Crippen molar-refractivity contribution in [2.75, 3.05) is 5.32 Å². The number of nitro benzene ring substituents is 1. The Hall–Kier alpha value is -3.50. The lowest BCUT2D eigenvalue weighted by atomic mass is 10.1. The number of nitro groups is 1. The fourth-order valence-corrected chi connectivity index (χ4v) is 4.48. The van der Waals surface area contributed by atoms with Gasteiger partial charge in [0.05, 0.1) is 16.5 Å². The summed E-state index contributed by atoms with van der Waals surface area (Å²) in [6.07, 6.45) is 2.90. The molecule has 9 nitrogen and oxygen atoms in total. The fourth-order valence-electron chi connectivity index (χ4n) is 3.44. The second-order valence-electron chi connectivity index (χ2n) is 7.44. The van der Waals surface area contributed by atoms with Crippen LogP contribution in [-0.4, -0.2) is 20.4 Å². The van der Waals surface area contributed by atoms with Gasteiger partial charge in [0.25, 0.3) is 5.69 Å². The van der Waals surface area contributed by atoms with Gasteiger partial charge in [0.2, 0.25) is 5.91 Å². The van der Waals surface area contributed by atoms with Gasteiger partial charge < -0.3 is 9.73 Å². The van der Waals surface area contributed by atoms with Gasteiger partial charge in [-0.05, 0) is 30.5 Å². The summed E-state index contributed by atoms with van der Waals surface area (Å²) >= 11 is 7.74. The van der Waals surface area contributed by atoms with Gasteiger partial charge in [0, 0.05) is 41.5 Å². The molecule has 0 aliphatic heterocycles. The van der Waals surface area contributed by atoms with E-state index < -0.39 is 10.7 Å². The molecular weight excluding hydrogens is 468 g/mol. The Bertz CT molecular complexity index is 1410. The monoisotopic (exact) mass is 486 g/mol. The van der Waals surface area contributed by atoms with Crippen LogP contribution in [0, 0.1) is 17.0 Å². The van der Waals surface area contributed by atoms with E-state index in [0.29, 0.717) is 23.5 Å². The van der Waals surface area contributed by atoms with Crippen LogP contribution in [0.2, 0.25) is 5.02 Å². The highest BCUT2D eigenvalue weighted by molar-refractivity contribution is 7.15. The summed E-state index contributed by atoms with van der Waals surface area (Å²) in [4.78, 5) is 40.0. The third kappa shape index (κ3) is 5.12. The summed E-state index contributed by atoms with van der Waals surface area (Å²) in [6, 6.07) is 9.86. The number of anilines is 1. The Labute approximate surface area is 196 Å². The molecule has 4 rings (SSSR count). The van der Waals surface area contributed by atoms with Crippen LogP contribution in [0.1, 0.15) is 28.8 Å².